The van der Waals surface area contributed by atoms with Crippen LogP contribution in [-0.2, 0) is 35.3 Å². The Kier molecular flexibility index (Phi) is 25.4. The number of amides is 2. The number of hydrogen-bond acceptors (Lipinski definition) is 5. The minimum Gasteiger partial charge on any atom is -0.870 e. The number of unbranched alkanes of at least 4 members (excludes halogenated alkanes) is 4. The summed E-state index contributed by atoms with van der Waals surface area (Å²) in [6.45, 7) is 12.0. The summed E-state index contributed by atoms with van der Waals surface area (Å²) in [5, 5.41) is 7.01. The molecular weight excluding hydrogens is 960 g/mol. The maximum Gasteiger partial charge on any atom is 1.00 e. The Balaban J connectivity index is 0.000000277. The Labute approximate surface area is 496 Å². The molecule has 0 unspecified atom stereocenters. The van der Waals surface area contributed by atoms with Gasteiger partial charge in [0, 0.05) is 59.3 Å². The van der Waals surface area contributed by atoms with Crippen molar-refractivity contribution in [3.05, 3.63) is 216 Å². The second-order valence-electron chi connectivity index (χ2n) is 19.3. The van der Waals surface area contributed by atoms with Crippen LogP contribution in [0.3, 0.4) is 0 Å². The van der Waals surface area contributed by atoms with E-state index in [0.29, 0.717) is 0 Å². The number of rotatable bonds is 22. The summed E-state index contributed by atoms with van der Waals surface area (Å²) >= 11 is 0. The van der Waals surface area contributed by atoms with Crippen molar-refractivity contribution in [1.29, 1.82) is 0 Å². The summed E-state index contributed by atoms with van der Waals surface area (Å²) in [7, 11) is 0. The summed E-state index contributed by atoms with van der Waals surface area (Å²) < 4.78 is 0. The molecule has 0 aliphatic heterocycles. The first-order valence-corrected chi connectivity index (χ1v) is 27.1. The molecule has 8 rings (SSSR count). The topological polar surface area (TPSA) is 94.7 Å². The van der Waals surface area contributed by atoms with Gasteiger partial charge in [-0.25, -0.2) is 0 Å². The van der Waals surface area contributed by atoms with Gasteiger partial charge in [0.2, 0.25) is 11.8 Å². The van der Waals surface area contributed by atoms with Gasteiger partial charge >= 0.3 is 51.4 Å². The van der Waals surface area contributed by atoms with E-state index in [4.69, 9.17) is 0 Å². The van der Waals surface area contributed by atoms with Gasteiger partial charge in [-0.2, -0.15) is 0 Å². The molecule has 76 heavy (non-hydrogen) atoms. The van der Waals surface area contributed by atoms with E-state index < -0.39 is 0 Å². The Morgan fingerprint density at radius 1 is 0.316 bits per heavy atom. The molecule has 0 aliphatic carbocycles. The zero-order valence-corrected chi connectivity index (χ0v) is 49.2. The minimum atomic E-state index is -0.0267. The number of nitrogens with zero attached hydrogens (tertiary/aromatic N) is 2. The predicted octanol–water partition coefficient (Wildman–Crippen LogP) is 15.8. The average Bonchev–Trinajstić information content (AvgIpc) is 3.43. The summed E-state index contributed by atoms with van der Waals surface area (Å²) in [4.78, 5) is 28.7. The number of anilines is 8. The third-order valence-electron chi connectivity index (χ3n) is 13.5. The molecule has 0 saturated carbocycles. The van der Waals surface area contributed by atoms with Crippen molar-refractivity contribution in [2.75, 3.05) is 20.4 Å². The fourth-order valence-corrected chi connectivity index (χ4v) is 9.11. The van der Waals surface area contributed by atoms with Gasteiger partial charge < -0.3 is 16.1 Å². The molecule has 0 aromatic heterocycles. The summed E-state index contributed by atoms with van der Waals surface area (Å²) in [6, 6.07) is 67.5. The van der Waals surface area contributed by atoms with E-state index in [1.165, 1.54) is 71.9 Å². The Morgan fingerprint density at radius 2 is 0.500 bits per heavy atom. The molecule has 0 aliphatic rings. The van der Waals surface area contributed by atoms with Gasteiger partial charge in [-0.1, -0.05) is 150 Å². The molecule has 8 aromatic carbocycles. The zero-order valence-electron chi connectivity index (χ0n) is 46.1. The quantitative estimate of drug-likeness (QED) is 0.0660. The van der Waals surface area contributed by atoms with E-state index in [9.17, 15) is 9.59 Å². The van der Waals surface area contributed by atoms with Crippen molar-refractivity contribution in [3.63, 3.8) is 0 Å². The normalized spacial score (nSPS) is 10.5. The molecule has 7 nitrogen and oxygen atoms in total. The van der Waals surface area contributed by atoms with Crippen LogP contribution < -0.4 is 71.8 Å². The van der Waals surface area contributed by atoms with Gasteiger partial charge in [0.05, 0.1) is 0 Å². The number of aryl methyl sites for hydroxylation is 4. The third-order valence-corrected chi connectivity index (χ3v) is 13.5. The smallest absolute Gasteiger partial charge is 0.870 e. The summed E-state index contributed by atoms with van der Waals surface area (Å²) in [6.07, 6.45) is 14.0. The van der Waals surface area contributed by atoms with Gasteiger partial charge in [-0.15, -0.1) is 0 Å². The SMILES string of the molecule is CCCCc1ccc(N(C(C)=O)c2ccc(-c3ccc(N(C(C)=O)c4ccc(CCCC)cc4)cc3)cc2)cc1.CCCCc1ccc(Nc2ccc(-c3ccc(Nc4ccc(CCCC)cc4)cc3)cc2)cc1.[K+].[OH-]. The zero-order chi connectivity index (χ0) is 52.1. The molecule has 0 bridgehead atoms. The van der Waals surface area contributed by atoms with Crippen molar-refractivity contribution in [1.82, 2.24) is 0 Å². The largest absolute Gasteiger partial charge is 1.00 e. The number of carbonyl (C=O) groups excluding carboxylic acids is 2. The predicted molar refractivity (Wildman–Crippen MR) is 318 cm³/mol. The molecule has 3 N–H and O–H groups in total. The molecule has 0 saturated heterocycles. The van der Waals surface area contributed by atoms with Crippen LogP contribution in [-0.4, -0.2) is 17.3 Å². The van der Waals surface area contributed by atoms with E-state index in [1.807, 2.05) is 72.8 Å². The Morgan fingerprint density at radius 3 is 0.711 bits per heavy atom. The number of hydrogen-bond donors (Lipinski definition) is 2. The van der Waals surface area contributed by atoms with Crippen LogP contribution in [0.15, 0.2) is 194 Å². The van der Waals surface area contributed by atoms with Crippen LogP contribution in [0, 0.1) is 0 Å². The molecule has 388 valence electrons. The second-order valence-corrected chi connectivity index (χ2v) is 19.3. The molecule has 2 amide bonds. The molecular formula is C68H77KN4O3. The van der Waals surface area contributed by atoms with Gasteiger partial charge in [-0.05, 0) is 193 Å². The summed E-state index contributed by atoms with van der Waals surface area (Å²) in [5.74, 6) is -0.0535. The van der Waals surface area contributed by atoms with Crippen molar-refractivity contribution >= 4 is 57.3 Å². The van der Waals surface area contributed by atoms with E-state index in [1.54, 1.807) is 23.6 Å². The molecule has 0 fully saturated rings. The van der Waals surface area contributed by atoms with E-state index in [2.05, 4.69) is 160 Å². The minimum absolute atomic E-state index is 0. The number of nitrogens with one attached hydrogen (secondary N) is 2. The van der Waals surface area contributed by atoms with Crippen molar-refractivity contribution < 1.29 is 66.4 Å². The van der Waals surface area contributed by atoms with Crippen LogP contribution in [0.25, 0.3) is 22.3 Å². The Hall–Kier alpha value is -6.10. The fraction of sp³-hybridized carbons (Fsp3) is 0.265. The molecule has 0 atom stereocenters. The Bertz CT molecular complexity index is 2730. The maximum absolute atomic E-state index is 12.6. The first-order chi connectivity index (χ1) is 36.1. The monoisotopic (exact) mass is 1040 g/mol. The first-order valence-electron chi connectivity index (χ1n) is 27.1. The number of benzene rings is 8. The molecule has 0 heterocycles. The van der Waals surface area contributed by atoms with Crippen LogP contribution in [0.1, 0.15) is 115 Å². The van der Waals surface area contributed by atoms with Gasteiger partial charge in [0.15, 0.2) is 0 Å². The molecule has 8 aromatic rings. The van der Waals surface area contributed by atoms with Gasteiger partial charge in [-0.3, -0.25) is 19.4 Å². The van der Waals surface area contributed by atoms with E-state index in [-0.39, 0.29) is 68.7 Å². The molecule has 0 radical (unpaired) electrons. The summed E-state index contributed by atoms with van der Waals surface area (Å²) in [5.41, 5.74) is 17.8. The third kappa shape index (κ3) is 18.0. The standard InChI is InChI=1S/C36H40N2O2.C32H36N2.K.H2O/c1-5-7-9-29-11-19-33(20-12-29)37(27(3)39)35-23-15-31(16-24-35)32-17-25-36(26-18-32)38(28(4)40)34-21-13-30(14-22-34)10-8-6-2;1-3-5-7-25-9-17-29(18-10-25)33-31-21-13-27(14-22-31)28-15-23-32(24-16-28)34-30-19-11-26(12-20-30)8-6-4-2;;/h11-26H,5-10H2,1-4H3;9-24,33-34H,3-8H2,1-2H3;;1H2/q;;+1;/p-1. The van der Waals surface area contributed by atoms with Crippen molar-refractivity contribution in [2.45, 2.75) is 119 Å². The van der Waals surface area contributed by atoms with Crippen LogP contribution in [0.5, 0.6) is 0 Å². The van der Waals surface area contributed by atoms with Gasteiger partial charge in [0.25, 0.3) is 0 Å². The first kappa shape index (κ1) is 60.8. The number of carbonyl (C=O) groups is 2. The average molecular weight is 1040 g/mol. The second kappa shape index (κ2) is 31.8. The van der Waals surface area contributed by atoms with Crippen LogP contribution in [0.4, 0.5) is 45.5 Å². The maximum atomic E-state index is 12.6. The van der Waals surface area contributed by atoms with Crippen molar-refractivity contribution in [3.8, 4) is 22.3 Å². The van der Waals surface area contributed by atoms with Crippen LogP contribution in [0.2, 0.25) is 0 Å². The van der Waals surface area contributed by atoms with Crippen LogP contribution >= 0.6 is 0 Å². The van der Waals surface area contributed by atoms with Gasteiger partial charge in [0.1, 0.15) is 0 Å². The van der Waals surface area contributed by atoms with E-state index >= 15 is 0 Å². The fourth-order valence-electron chi connectivity index (χ4n) is 9.11. The molecule has 8 heteroatoms. The molecule has 0 spiro atoms. The van der Waals surface area contributed by atoms with E-state index in [0.717, 1.165) is 95.2 Å². The van der Waals surface area contributed by atoms with Crippen molar-refractivity contribution in [2.24, 2.45) is 0 Å².